The Balaban J connectivity index is 1.90. The van der Waals surface area contributed by atoms with Gasteiger partial charge < -0.3 is 10.5 Å². The molecule has 0 bridgehead atoms. The molecule has 100 valence electrons. The van der Waals surface area contributed by atoms with Crippen molar-refractivity contribution in [3.8, 4) is 5.75 Å². The van der Waals surface area contributed by atoms with Gasteiger partial charge in [-0.15, -0.1) is 0 Å². The van der Waals surface area contributed by atoms with E-state index in [4.69, 9.17) is 10.5 Å². The van der Waals surface area contributed by atoms with Crippen molar-refractivity contribution in [1.82, 2.24) is 4.90 Å². The highest BCUT2D eigenvalue weighted by Gasteiger charge is 2.24. The van der Waals surface area contributed by atoms with Gasteiger partial charge in [0.05, 0.1) is 0 Å². The van der Waals surface area contributed by atoms with Crippen molar-refractivity contribution < 1.29 is 4.74 Å². The lowest BCUT2D eigenvalue weighted by molar-refractivity contribution is 0.143. The van der Waals surface area contributed by atoms with Crippen LogP contribution in [0.3, 0.4) is 0 Å². The monoisotopic (exact) mass is 248 g/mol. The minimum atomic E-state index is 0.285. The fraction of sp³-hybridized carbons (Fsp3) is 0.600. The number of benzene rings is 1. The van der Waals surface area contributed by atoms with Crippen LogP contribution in [-0.4, -0.2) is 37.2 Å². The van der Waals surface area contributed by atoms with Gasteiger partial charge in [0.15, 0.2) is 0 Å². The molecule has 3 nitrogen and oxygen atoms in total. The molecular formula is C15H24N2O. The summed E-state index contributed by atoms with van der Waals surface area (Å²) in [5.74, 6) is 1.72. The van der Waals surface area contributed by atoms with Gasteiger partial charge in [0.1, 0.15) is 11.9 Å². The van der Waals surface area contributed by atoms with E-state index in [1.165, 1.54) is 5.56 Å². The highest BCUT2D eigenvalue weighted by Crippen LogP contribution is 2.28. The predicted octanol–water partition coefficient (Wildman–Crippen LogP) is 1.91. The van der Waals surface area contributed by atoms with E-state index in [-0.39, 0.29) is 6.10 Å². The van der Waals surface area contributed by atoms with Gasteiger partial charge in [-0.25, -0.2) is 0 Å². The van der Waals surface area contributed by atoms with Gasteiger partial charge in [0, 0.05) is 32.6 Å². The van der Waals surface area contributed by atoms with Gasteiger partial charge in [0.2, 0.25) is 0 Å². The average Bonchev–Trinajstić information content (AvgIpc) is 2.70. The number of hydrogen-bond donors (Lipinski definition) is 1. The molecule has 0 spiro atoms. The summed E-state index contributed by atoms with van der Waals surface area (Å²) in [4.78, 5) is 2.42. The fourth-order valence-electron chi connectivity index (χ4n) is 2.60. The van der Waals surface area contributed by atoms with Crippen LogP contribution >= 0.6 is 0 Å². The van der Waals surface area contributed by atoms with Crippen LogP contribution in [0.4, 0.5) is 0 Å². The van der Waals surface area contributed by atoms with Crippen LogP contribution in [0.5, 0.6) is 5.75 Å². The number of fused-ring (bicyclic) bond motifs is 1. The van der Waals surface area contributed by atoms with Gasteiger partial charge in [-0.1, -0.05) is 32.0 Å². The van der Waals surface area contributed by atoms with Crippen molar-refractivity contribution in [2.75, 3.05) is 26.2 Å². The summed E-state index contributed by atoms with van der Waals surface area (Å²) < 4.78 is 5.98. The number of para-hydroxylation sites is 1. The molecule has 2 rings (SSSR count). The quantitative estimate of drug-likeness (QED) is 0.835. The summed E-state index contributed by atoms with van der Waals surface area (Å²) >= 11 is 0. The zero-order chi connectivity index (χ0) is 13.0. The summed E-state index contributed by atoms with van der Waals surface area (Å²) in [6, 6.07) is 8.33. The van der Waals surface area contributed by atoms with Crippen LogP contribution in [0.1, 0.15) is 19.4 Å². The van der Waals surface area contributed by atoms with E-state index >= 15 is 0 Å². The molecule has 1 aromatic carbocycles. The molecular weight excluding hydrogens is 224 g/mol. The molecule has 1 atom stereocenters. The van der Waals surface area contributed by atoms with Crippen molar-refractivity contribution in [2.45, 2.75) is 26.4 Å². The van der Waals surface area contributed by atoms with E-state index in [2.05, 4.69) is 36.9 Å². The lowest BCUT2D eigenvalue weighted by atomic mass is 10.1. The van der Waals surface area contributed by atoms with Gasteiger partial charge in [-0.05, 0) is 17.5 Å². The third-order valence-electron chi connectivity index (χ3n) is 3.24. The summed E-state index contributed by atoms with van der Waals surface area (Å²) in [6.45, 7) is 8.22. The number of nitrogens with zero attached hydrogens (tertiary/aromatic N) is 1. The summed E-state index contributed by atoms with van der Waals surface area (Å²) in [7, 11) is 0. The van der Waals surface area contributed by atoms with Crippen molar-refractivity contribution in [3.63, 3.8) is 0 Å². The summed E-state index contributed by atoms with van der Waals surface area (Å²) in [6.07, 6.45) is 1.31. The largest absolute Gasteiger partial charge is 0.488 e. The standard InChI is InChI=1S/C15H24N2O/c1-12(2)10-17(8-7-16)11-14-9-13-5-3-4-6-15(13)18-14/h3-6,12,14H,7-11,16H2,1-2H3. The van der Waals surface area contributed by atoms with E-state index in [0.29, 0.717) is 12.5 Å². The number of rotatable bonds is 6. The molecule has 0 fully saturated rings. The SMILES string of the molecule is CC(C)CN(CCN)CC1Cc2ccccc2O1. The van der Waals surface area contributed by atoms with Crippen LogP contribution in [0.25, 0.3) is 0 Å². The minimum Gasteiger partial charge on any atom is -0.488 e. The first kappa shape index (κ1) is 13.4. The normalized spacial score (nSPS) is 18.2. The van der Waals surface area contributed by atoms with E-state index in [9.17, 15) is 0 Å². The lowest BCUT2D eigenvalue weighted by Crippen LogP contribution is -2.39. The molecule has 0 saturated heterocycles. The summed E-state index contributed by atoms with van der Waals surface area (Å²) in [5.41, 5.74) is 7.01. The van der Waals surface area contributed by atoms with E-state index in [1.54, 1.807) is 0 Å². The summed E-state index contributed by atoms with van der Waals surface area (Å²) in [5, 5.41) is 0. The first-order chi connectivity index (χ1) is 8.69. The molecule has 1 aliphatic rings. The third-order valence-corrected chi connectivity index (χ3v) is 3.24. The zero-order valence-electron chi connectivity index (χ0n) is 11.4. The molecule has 1 heterocycles. The third kappa shape index (κ3) is 3.47. The molecule has 3 heteroatoms. The van der Waals surface area contributed by atoms with Gasteiger partial charge in [-0.3, -0.25) is 4.90 Å². The van der Waals surface area contributed by atoms with Gasteiger partial charge >= 0.3 is 0 Å². The Labute approximate surface area is 110 Å². The topological polar surface area (TPSA) is 38.5 Å². The Kier molecular flexibility index (Phi) is 4.61. The highest BCUT2D eigenvalue weighted by atomic mass is 16.5. The van der Waals surface area contributed by atoms with Gasteiger partial charge in [0.25, 0.3) is 0 Å². The first-order valence-corrected chi connectivity index (χ1v) is 6.86. The van der Waals surface area contributed by atoms with Crippen molar-refractivity contribution in [3.05, 3.63) is 29.8 Å². The van der Waals surface area contributed by atoms with Crippen LogP contribution in [0.2, 0.25) is 0 Å². The lowest BCUT2D eigenvalue weighted by Gasteiger charge is -2.26. The molecule has 0 aliphatic carbocycles. The Morgan fingerprint density at radius 2 is 2.17 bits per heavy atom. The molecule has 18 heavy (non-hydrogen) atoms. The van der Waals surface area contributed by atoms with Crippen LogP contribution < -0.4 is 10.5 Å². The molecule has 2 N–H and O–H groups in total. The van der Waals surface area contributed by atoms with Crippen molar-refractivity contribution in [1.29, 1.82) is 0 Å². The van der Waals surface area contributed by atoms with E-state index in [1.807, 2.05) is 6.07 Å². The van der Waals surface area contributed by atoms with Crippen molar-refractivity contribution in [2.24, 2.45) is 11.7 Å². The minimum absolute atomic E-state index is 0.285. The maximum atomic E-state index is 5.98. The zero-order valence-corrected chi connectivity index (χ0v) is 11.4. The number of hydrogen-bond acceptors (Lipinski definition) is 3. The molecule has 0 saturated carbocycles. The Bertz CT molecular complexity index is 354. The van der Waals surface area contributed by atoms with Crippen LogP contribution in [-0.2, 0) is 6.42 Å². The van der Waals surface area contributed by atoms with Gasteiger partial charge in [-0.2, -0.15) is 0 Å². The maximum Gasteiger partial charge on any atom is 0.123 e. The average molecular weight is 248 g/mol. The Morgan fingerprint density at radius 1 is 1.39 bits per heavy atom. The molecule has 1 aliphatic heterocycles. The van der Waals surface area contributed by atoms with Crippen molar-refractivity contribution >= 4 is 0 Å². The maximum absolute atomic E-state index is 5.98. The fourth-order valence-corrected chi connectivity index (χ4v) is 2.60. The first-order valence-electron chi connectivity index (χ1n) is 6.86. The van der Waals surface area contributed by atoms with Crippen LogP contribution in [0.15, 0.2) is 24.3 Å². The Morgan fingerprint density at radius 3 is 2.83 bits per heavy atom. The second kappa shape index (κ2) is 6.21. The number of ether oxygens (including phenoxy) is 1. The van der Waals surface area contributed by atoms with Crippen LogP contribution in [0, 0.1) is 5.92 Å². The molecule has 0 radical (unpaired) electrons. The van der Waals surface area contributed by atoms with E-state index in [0.717, 1.165) is 31.8 Å². The van der Waals surface area contributed by atoms with E-state index < -0.39 is 0 Å². The molecule has 1 unspecified atom stereocenters. The number of nitrogens with two attached hydrogens (primary N) is 1. The second-order valence-electron chi connectivity index (χ2n) is 5.49. The smallest absolute Gasteiger partial charge is 0.123 e. The Hall–Kier alpha value is -1.06. The molecule has 1 aromatic rings. The molecule has 0 aromatic heterocycles. The predicted molar refractivity (Wildman–Crippen MR) is 74.9 cm³/mol. The highest BCUT2D eigenvalue weighted by molar-refractivity contribution is 5.37. The molecule has 0 amide bonds. The second-order valence-corrected chi connectivity index (χ2v) is 5.49.